The lowest BCUT2D eigenvalue weighted by atomic mass is 9.91. The van der Waals surface area contributed by atoms with E-state index in [1.165, 1.54) is 0 Å². The maximum Gasteiger partial charge on any atom is 0.227 e. The fourth-order valence-electron chi connectivity index (χ4n) is 2.15. The third-order valence-corrected chi connectivity index (χ3v) is 2.98. The molecule has 4 heteroatoms. The lowest BCUT2D eigenvalue weighted by Gasteiger charge is -2.31. The molecule has 2 atom stereocenters. The molecule has 1 amide bonds. The summed E-state index contributed by atoms with van der Waals surface area (Å²) < 4.78 is 0. The van der Waals surface area contributed by atoms with Gasteiger partial charge >= 0.3 is 0 Å². The van der Waals surface area contributed by atoms with Gasteiger partial charge in [-0.2, -0.15) is 0 Å². The number of likely N-dealkylation sites (N-methyl/N-ethyl adjacent to an activating group) is 1. The largest absolute Gasteiger partial charge is 0.395 e. The Kier molecular flexibility index (Phi) is 5.05. The predicted octanol–water partition coefficient (Wildman–Crippen LogP) is 0.0728. The monoisotopic (exact) mass is 214 g/mol. The van der Waals surface area contributed by atoms with Crippen molar-refractivity contribution in [2.24, 2.45) is 11.8 Å². The van der Waals surface area contributed by atoms with Crippen LogP contribution in [0.2, 0.25) is 0 Å². The van der Waals surface area contributed by atoms with Crippen molar-refractivity contribution in [3.63, 3.8) is 0 Å². The molecular formula is C11H22N2O2. The van der Waals surface area contributed by atoms with Gasteiger partial charge in [-0.15, -0.1) is 0 Å². The molecule has 0 aromatic rings. The summed E-state index contributed by atoms with van der Waals surface area (Å²) >= 11 is 0. The van der Waals surface area contributed by atoms with Crippen molar-refractivity contribution in [2.75, 3.05) is 32.8 Å². The maximum atomic E-state index is 12.0. The van der Waals surface area contributed by atoms with E-state index in [4.69, 9.17) is 5.11 Å². The Morgan fingerprint density at radius 1 is 1.53 bits per heavy atom. The molecule has 1 aliphatic heterocycles. The van der Waals surface area contributed by atoms with Crippen LogP contribution in [-0.4, -0.2) is 48.7 Å². The highest BCUT2D eigenvalue weighted by Crippen LogP contribution is 2.17. The third-order valence-electron chi connectivity index (χ3n) is 2.98. The van der Waals surface area contributed by atoms with E-state index in [1.807, 2.05) is 6.92 Å². The van der Waals surface area contributed by atoms with Crippen molar-refractivity contribution in [3.05, 3.63) is 0 Å². The van der Waals surface area contributed by atoms with E-state index in [1.54, 1.807) is 4.90 Å². The molecule has 0 radical (unpaired) electrons. The van der Waals surface area contributed by atoms with Gasteiger partial charge in [-0.1, -0.05) is 6.92 Å². The summed E-state index contributed by atoms with van der Waals surface area (Å²) in [4.78, 5) is 13.8. The van der Waals surface area contributed by atoms with Crippen LogP contribution in [0.3, 0.4) is 0 Å². The van der Waals surface area contributed by atoms with Crippen LogP contribution in [0.15, 0.2) is 0 Å². The number of piperidine rings is 1. The number of aliphatic hydroxyl groups excluding tert-OH is 1. The topological polar surface area (TPSA) is 52.6 Å². The van der Waals surface area contributed by atoms with Gasteiger partial charge in [0.2, 0.25) is 5.91 Å². The van der Waals surface area contributed by atoms with Gasteiger partial charge in [0.05, 0.1) is 12.5 Å². The molecule has 2 N–H and O–H groups in total. The van der Waals surface area contributed by atoms with E-state index in [9.17, 15) is 4.79 Å². The zero-order valence-corrected chi connectivity index (χ0v) is 9.70. The normalized spacial score (nSPS) is 26.3. The van der Waals surface area contributed by atoms with Gasteiger partial charge in [-0.05, 0) is 25.8 Å². The molecular weight excluding hydrogens is 192 g/mol. The molecule has 1 aliphatic rings. The van der Waals surface area contributed by atoms with Gasteiger partial charge in [0, 0.05) is 19.6 Å². The average Bonchev–Trinajstić information content (AvgIpc) is 2.25. The molecule has 0 aromatic carbocycles. The summed E-state index contributed by atoms with van der Waals surface area (Å²) in [5.41, 5.74) is 0. The SMILES string of the molecule is CCN(CCO)C(=O)C1CNCC(C)C1. The number of hydrogen-bond acceptors (Lipinski definition) is 3. The van der Waals surface area contributed by atoms with Crippen LogP contribution in [0.25, 0.3) is 0 Å². The second kappa shape index (κ2) is 6.08. The van der Waals surface area contributed by atoms with Crippen molar-refractivity contribution in [3.8, 4) is 0 Å². The molecule has 1 rings (SSSR count). The first-order valence-corrected chi connectivity index (χ1v) is 5.79. The van der Waals surface area contributed by atoms with Gasteiger partial charge in [0.15, 0.2) is 0 Å². The van der Waals surface area contributed by atoms with Gasteiger partial charge in [0.1, 0.15) is 0 Å². The molecule has 0 saturated carbocycles. The smallest absolute Gasteiger partial charge is 0.227 e. The Morgan fingerprint density at radius 2 is 2.27 bits per heavy atom. The van der Waals surface area contributed by atoms with Gasteiger partial charge < -0.3 is 15.3 Å². The lowest BCUT2D eigenvalue weighted by Crippen LogP contribution is -2.46. The van der Waals surface area contributed by atoms with Crippen LogP contribution in [0.4, 0.5) is 0 Å². The van der Waals surface area contributed by atoms with Crippen molar-refractivity contribution in [1.82, 2.24) is 10.2 Å². The van der Waals surface area contributed by atoms with E-state index in [0.717, 1.165) is 19.5 Å². The summed E-state index contributed by atoms with van der Waals surface area (Å²) in [6, 6.07) is 0. The van der Waals surface area contributed by atoms with E-state index < -0.39 is 0 Å². The van der Waals surface area contributed by atoms with E-state index in [2.05, 4.69) is 12.2 Å². The maximum absolute atomic E-state index is 12.0. The summed E-state index contributed by atoms with van der Waals surface area (Å²) in [6.45, 7) is 7.10. The summed E-state index contributed by atoms with van der Waals surface area (Å²) in [7, 11) is 0. The Morgan fingerprint density at radius 3 is 2.80 bits per heavy atom. The van der Waals surface area contributed by atoms with E-state index in [-0.39, 0.29) is 18.4 Å². The predicted molar refractivity (Wildman–Crippen MR) is 59.5 cm³/mol. The molecule has 0 aromatic heterocycles. The molecule has 1 fully saturated rings. The number of amides is 1. The van der Waals surface area contributed by atoms with Crippen LogP contribution < -0.4 is 5.32 Å². The molecule has 15 heavy (non-hydrogen) atoms. The fourth-order valence-corrected chi connectivity index (χ4v) is 2.15. The first kappa shape index (κ1) is 12.5. The first-order chi connectivity index (χ1) is 7.19. The van der Waals surface area contributed by atoms with Crippen LogP contribution in [0.1, 0.15) is 20.3 Å². The Hall–Kier alpha value is -0.610. The Labute approximate surface area is 91.6 Å². The number of aliphatic hydroxyl groups is 1. The summed E-state index contributed by atoms with van der Waals surface area (Å²) in [5.74, 6) is 0.853. The third kappa shape index (κ3) is 3.47. The average molecular weight is 214 g/mol. The second-order valence-corrected chi connectivity index (χ2v) is 4.34. The van der Waals surface area contributed by atoms with E-state index >= 15 is 0 Å². The Bertz CT molecular complexity index is 209. The second-order valence-electron chi connectivity index (χ2n) is 4.34. The quantitative estimate of drug-likeness (QED) is 0.696. The summed E-state index contributed by atoms with van der Waals surface area (Å²) in [6.07, 6.45) is 0.966. The van der Waals surface area contributed by atoms with E-state index in [0.29, 0.717) is 19.0 Å². The highest BCUT2D eigenvalue weighted by molar-refractivity contribution is 5.79. The van der Waals surface area contributed by atoms with Crippen molar-refractivity contribution in [2.45, 2.75) is 20.3 Å². The standard InChI is InChI=1S/C11H22N2O2/c1-3-13(4-5-14)11(15)10-6-9(2)7-12-8-10/h9-10,12,14H,3-8H2,1-2H3. The highest BCUT2D eigenvalue weighted by atomic mass is 16.3. The zero-order chi connectivity index (χ0) is 11.3. The van der Waals surface area contributed by atoms with Crippen molar-refractivity contribution in [1.29, 1.82) is 0 Å². The zero-order valence-electron chi connectivity index (χ0n) is 9.70. The molecule has 88 valence electrons. The van der Waals surface area contributed by atoms with Crippen molar-refractivity contribution >= 4 is 5.91 Å². The number of carbonyl (C=O) groups excluding carboxylic acids is 1. The van der Waals surface area contributed by atoms with Crippen LogP contribution in [0, 0.1) is 11.8 Å². The lowest BCUT2D eigenvalue weighted by molar-refractivity contribution is -0.136. The Balaban J connectivity index is 2.49. The molecule has 2 unspecified atom stereocenters. The minimum Gasteiger partial charge on any atom is -0.395 e. The number of hydrogen-bond donors (Lipinski definition) is 2. The van der Waals surface area contributed by atoms with Gasteiger partial charge in [-0.3, -0.25) is 4.79 Å². The molecule has 0 bridgehead atoms. The first-order valence-electron chi connectivity index (χ1n) is 5.79. The highest BCUT2D eigenvalue weighted by Gasteiger charge is 2.27. The van der Waals surface area contributed by atoms with Gasteiger partial charge in [0.25, 0.3) is 0 Å². The number of rotatable bonds is 4. The molecule has 0 spiro atoms. The van der Waals surface area contributed by atoms with Crippen LogP contribution in [-0.2, 0) is 4.79 Å². The molecule has 4 nitrogen and oxygen atoms in total. The molecule has 0 aliphatic carbocycles. The number of carbonyl (C=O) groups is 1. The van der Waals surface area contributed by atoms with Crippen LogP contribution >= 0.6 is 0 Å². The number of nitrogens with zero attached hydrogens (tertiary/aromatic N) is 1. The minimum absolute atomic E-state index is 0.0509. The minimum atomic E-state index is 0.0509. The molecule has 1 heterocycles. The van der Waals surface area contributed by atoms with Crippen LogP contribution in [0.5, 0.6) is 0 Å². The molecule has 1 saturated heterocycles. The van der Waals surface area contributed by atoms with Crippen molar-refractivity contribution < 1.29 is 9.90 Å². The van der Waals surface area contributed by atoms with Gasteiger partial charge in [-0.25, -0.2) is 0 Å². The fraction of sp³-hybridized carbons (Fsp3) is 0.909. The summed E-state index contributed by atoms with van der Waals surface area (Å²) in [5, 5.41) is 12.1. The number of nitrogens with one attached hydrogen (secondary N) is 1.